The van der Waals surface area contributed by atoms with Crippen molar-refractivity contribution in [1.29, 1.82) is 0 Å². The van der Waals surface area contributed by atoms with Gasteiger partial charge in [-0.25, -0.2) is 13.7 Å². The van der Waals surface area contributed by atoms with Crippen molar-refractivity contribution in [3.63, 3.8) is 0 Å². The highest BCUT2D eigenvalue weighted by molar-refractivity contribution is 6.44. The Labute approximate surface area is 141 Å². The fourth-order valence-corrected chi connectivity index (χ4v) is 2.54. The summed E-state index contributed by atoms with van der Waals surface area (Å²) in [5.41, 5.74) is -0.571. The Morgan fingerprint density at radius 3 is 2.36 bits per heavy atom. The van der Waals surface area contributed by atoms with E-state index in [4.69, 9.17) is 4.74 Å². The topological polar surface area (TPSA) is 66.8 Å². The molecule has 128 valence electrons. The van der Waals surface area contributed by atoms with Crippen LogP contribution in [0.4, 0.5) is 14.5 Å². The summed E-state index contributed by atoms with van der Waals surface area (Å²) in [4.78, 5) is 25.2. The Kier molecular flexibility index (Phi) is 4.22. The Hall–Kier alpha value is -3.22. The molecule has 1 aliphatic heterocycles. The third kappa shape index (κ3) is 2.84. The fourth-order valence-electron chi connectivity index (χ4n) is 2.54. The zero-order valence-corrected chi connectivity index (χ0v) is 13.1. The molecule has 7 heteroatoms. The van der Waals surface area contributed by atoms with Crippen molar-refractivity contribution in [1.82, 2.24) is 0 Å². The second kappa shape index (κ2) is 6.35. The molecule has 0 aliphatic carbocycles. The molecular weight excluding hydrogens is 332 g/mol. The monoisotopic (exact) mass is 345 g/mol. The number of anilines is 1. The normalized spacial score (nSPS) is 14.4. The first kappa shape index (κ1) is 16.6. The summed E-state index contributed by atoms with van der Waals surface area (Å²) >= 11 is 0. The molecule has 1 N–H and O–H groups in total. The summed E-state index contributed by atoms with van der Waals surface area (Å²) < 4.78 is 32.6. The van der Waals surface area contributed by atoms with Gasteiger partial charge in [0.15, 0.2) is 5.76 Å². The smallest absolute Gasteiger partial charge is 0.301 e. The SMILES string of the molecule is CCOc1ccc(C2=C(O)C(=O)N(c3cc(F)ccc3F)C2=O)cc1. The molecule has 1 aliphatic rings. The van der Waals surface area contributed by atoms with Crippen LogP contribution in [0.25, 0.3) is 5.57 Å². The van der Waals surface area contributed by atoms with Gasteiger partial charge in [0.05, 0.1) is 17.9 Å². The van der Waals surface area contributed by atoms with E-state index < -0.39 is 34.9 Å². The van der Waals surface area contributed by atoms with Gasteiger partial charge in [-0.1, -0.05) is 12.1 Å². The Morgan fingerprint density at radius 2 is 1.72 bits per heavy atom. The van der Waals surface area contributed by atoms with Gasteiger partial charge in [-0.2, -0.15) is 0 Å². The van der Waals surface area contributed by atoms with Crippen molar-refractivity contribution in [3.8, 4) is 5.75 Å². The average Bonchev–Trinajstić information content (AvgIpc) is 2.81. The maximum Gasteiger partial charge on any atom is 0.301 e. The predicted molar refractivity (Wildman–Crippen MR) is 86.0 cm³/mol. The molecule has 2 aromatic rings. The van der Waals surface area contributed by atoms with Crippen molar-refractivity contribution in [2.45, 2.75) is 6.92 Å². The van der Waals surface area contributed by atoms with Crippen LogP contribution < -0.4 is 9.64 Å². The molecule has 0 atom stereocenters. The number of aliphatic hydroxyl groups excluding tert-OH is 1. The fraction of sp³-hybridized carbons (Fsp3) is 0.111. The molecule has 0 spiro atoms. The first-order chi connectivity index (χ1) is 11.9. The van der Waals surface area contributed by atoms with Crippen molar-refractivity contribution in [2.24, 2.45) is 0 Å². The lowest BCUT2D eigenvalue weighted by Gasteiger charge is -2.15. The molecular formula is C18H13F2NO4. The van der Waals surface area contributed by atoms with E-state index in [0.717, 1.165) is 18.2 Å². The van der Waals surface area contributed by atoms with Crippen molar-refractivity contribution >= 4 is 23.1 Å². The number of aliphatic hydroxyl groups is 1. The zero-order chi connectivity index (χ0) is 18.1. The molecule has 0 saturated heterocycles. The van der Waals surface area contributed by atoms with Gasteiger partial charge in [0, 0.05) is 6.07 Å². The van der Waals surface area contributed by atoms with Crippen LogP contribution in [0.15, 0.2) is 48.2 Å². The zero-order valence-electron chi connectivity index (χ0n) is 13.1. The third-order valence-corrected chi connectivity index (χ3v) is 3.66. The molecule has 25 heavy (non-hydrogen) atoms. The van der Waals surface area contributed by atoms with Crippen LogP contribution in [0.2, 0.25) is 0 Å². The number of amides is 2. The van der Waals surface area contributed by atoms with Crippen molar-refractivity contribution in [3.05, 3.63) is 65.4 Å². The summed E-state index contributed by atoms with van der Waals surface area (Å²) in [6.45, 7) is 2.27. The Balaban J connectivity index is 2.01. The lowest BCUT2D eigenvalue weighted by atomic mass is 10.1. The minimum absolute atomic E-state index is 0.263. The number of carbonyl (C=O) groups excluding carboxylic acids is 2. The first-order valence-electron chi connectivity index (χ1n) is 7.44. The molecule has 5 nitrogen and oxygen atoms in total. The molecule has 0 bridgehead atoms. The van der Waals surface area contributed by atoms with E-state index in [2.05, 4.69) is 0 Å². The van der Waals surface area contributed by atoms with Crippen LogP contribution >= 0.6 is 0 Å². The van der Waals surface area contributed by atoms with Gasteiger partial charge >= 0.3 is 5.91 Å². The summed E-state index contributed by atoms with van der Waals surface area (Å²) in [7, 11) is 0. The van der Waals surface area contributed by atoms with E-state index >= 15 is 0 Å². The number of benzene rings is 2. The second-order valence-corrected chi connectivity index (χ2v) is 5.22. The maximum atomic E-state index is 13.9. The van der Waals surface area contributed by atoms with Crippen LogP contribution in [0, 0.1) is 11.6 Å². The average molecular weight is 345 g/mol. The third-order valence-electron chi connectivity index (χ3n) is 3.66. The van der Waals surface area contributed by atoms with E-state index in [0.29, 0.717) is 17.3 Å². The van der Waals surface area contributed by atoms with E-state index in [-0.39, 0.29) is 11.1 Å². The maximum absolute atomic E-state index is 13.9. The van der Waals surface area contributed by atoms with Gasteiger partial charge in [-0.15, -0.1) is 0 Å². The standard InChI is InChI=1S/C18H13F2NO4/c1-2-25-12-6-3-10(4-7-12)15-16(22)18(24)21(17(15)23)14-9-11(19)5-8-13(14)20/h3-9,22H,2H2,1H3. The Morgan fingerprint density at radius 1 is 1.04 bits per heavy atom. The van der Waals surface area contributed by atoms with Crippen LogP contribution in [0.3, 0.4) is 0 Å². The predicted octanol–water partition coefficient (Wildman–Crippen LogP) is 3.21. The number of nitrogens with zero attached hydrogens (tertiary/aromatic N) is 1. The lowest BCUT2D eigenvalue weighted by Crippen LogP contribution is -2.32. The molecule has 0 aromatic heterocycles. The highest BCUT2D eigenvalue weighted by Gasteiger charge is 2.41. The number of halogens is 2. The minimum atomic E-state index is -1.11. The quantitative estimate of drug-likeness (QED) is 0.864. The van der Waals surface area contributed by atoms with Gasteiger partial charge in [-0.3, -0.25) is 9.59 Å². The molecule has 0 unspecified atom stereocenters. The second-order valence-electron chi connectivity index (χ2n) is 5.22. The summed E-state index contributed by atoms with van der Waals surface area (Å²) in [6, 6.07) is 8.52. The van der Waals surface area contributed by atoms with Crippen LogP contribution in [-0.4, -0.2) is 23.5 Å². The lowest BCUT2D eigenvalue weighted by molar-refractivity contribution is -0.121. The number of imide groups is 1. The van der Waals surface area contributed by atoms with Crippen LogP contribution in [0.5, 0.6) is 5.75 Å². The summed E-state index contributed by atoms with van der Waals surface area (Å²) in [5.74, 6) is -4.08. The van der Waals surface area contributed by atoms with Gasteiger partial charge in [0.25, 0.3) is 5.91 Å². The summed E-state index contributed by atoms with van der Waals surface area (Å²) in [5, 5.41) is 10.1. The molecule has 0 fully saturated rings. The van der Waals surface area contributed by atoms with Gasteiger partial charge in [-0.05, 0) is 36.8 Å². The van der Waals surface area contributed by atoms with Gasteiger partial charge in [0.2, 0.25) is 0 Å². The molecule has 0 radical (unpaired) electrons. The van der Waals surface area contributed by atoms with Gasteiger partial charge in [0.1, 0.15) is 17.4 Å². The highest BCUT2D eigenvalue weighted by atomic mass is 19.1. The van der Waals surface area contributed by atoms with Crippen LogP contribution in [-0.2, 0) is 9.59 Å². The molecule has 1 heterocycles. The Bertz CT molecular complexity index is 890. The molecule has 0 saturated carbocycles. The largest absolute Gasteiger partial charge is 0.502 e. The number of rotatable bonds is 4. The minimum Gasteiger partial charge on any atom is -0.502 e. The van der Waals surface area contributed by atoms with Gasteiger partial charge < -0.3 is 9.84 Å². The molecule has 2 amide bonds. The molecule has 2 aromatic carbocycles. The van der Waals surface area contributed by atoms with E-state index in [1.54, 1.807) is 12.1 Å². The van der Waals surface area contributed by atoms with Crippen molar-refractivity contribution in [2.75, 3.05) is 11.5 Å². The first-order valence-corrected chi connectivity index (χ1v) is 7.44. The van der Waals surface area contributed by atoms with E-state index in [9.17, 15) is 23.5 Å². The number of hydrogen-bond acceptors (Lipinski definition) is 4. The van der Waals surface area contributed by atoms with E-state index in [1.807, 2.05) is 6.92 Å². The highest BCUT2D eigenvalue weighted by Crippen LogP contribution is 2.34. The van der Waals surface area contributed by atoms with Crippen molar-refractivity contribution < 1.29 is 28.2 Å². The number of hydrogen-bond donors (Lipinski definition) is 1. The number of carbonyl (C=O) groups is 2. The number of ether oxygens (including phenoxy) is 1. The summed E-state index contributed by atoms with van der Waals surface area (Å²) in [6.07, 6.45) is 0. The molecule has 3 rings (SSSR count). The van der Waals surface area contributed by atoms with Crippen LogP contribution in [0.1, 0.15) is 12.5 Å². The van der Waals surface area contributed by atoms with E-state index in [1.165, 1.54) is 12.1 Å².